The molecule has 4 N–H and O–H groups in total. The summed E-state index contributed by atoms with van der Waals surface area (Å²) in [6, 6.07) is 38.1. The lowest BCUT2D eigenvalue weighted by molar-refractivity contribution is 0.829. The fraction of sp³-hybridized carbons (Fsp3) is 0.0769. The molecular formula is C26H25N2P. The summed E-state index contributed by atoms with van der Waals surface area (Å²) in [5.74, 6) is 0. The van der Waals surface area contributed by atoms with Crippen molar-refractivity contribution in [2.45, 2.75) is 12.1 Å². The Labute approximate surface area is 174 Å². The van der Waals surface area contributed by atoms with Gasteiger partial charge in [-0.05, 0) is 60.8 Å². The molecular weight excluding hydrogens is 371 g/mol. The first kappa shape index (κ1) is 19.2. The predicted molar refractivity (Wildman–Crippen MR) is 127 cm³/mol. The molecule has 0 aliphatic carbocycles. The largest absolute Gasteiger partial charge is 0.399 e. The molecule has 0 radical (unpaired) electrons. The zero-order chi connectivity index (χ0) is 20.3. The van der Waals surface area contributed by atoms with Gasteiger partial charge in [0, 0.05) is 16.5 Å². The zero-order valence-corrected chi connectivity index (χ0v) is 17.4. The van der Waals surface area contributed by atoms with E-state index in [0.717, 1.165) is 11.4 Å². The molecule has 29 heavy (non-hydrogen) atoms. The summed E-state index contributed by atoms with van der Waals surface area (Å²) in [6.45, 7) is 2.33. The lowest BCUT2D eigenvalue weighted by Gasteiger charge is -2.40. The number of anilines is 2. The van der Waals surface area contributed by atoms with Crippen molar-refractivity contribution in [3.05, 3.63) is 120 Å². The number of hydrogen-bond acceptors (Lipinski definition) is 2. The van der Waals surface area contributed by atoms with E-state index < -0.39 is 7.92 Å². The minimum atomic E-state index is -0.767. The summed E-state index contributed by atoms with van der Waals surface area (Å²) in [6.07, 6.45) is 0. The fourth-order valence-corrected chi connectivity index (χ4v) is 6.97. The van der Waals surface area contributed by atoms with Crippen LogP contribution in [-0.2, 0) is 5.16 Å². The van der Waals surface area contributed by atoms with Crippen molar-refractivity contribution in [2.75, 3.05) is 11.5 Å². The van der Waals surface area contributed by atoms with E-state index in [1.165, 1.54) is 21.7 Å². The number of rotatable bonds is 5. The lowest BCUT2D eigenvalue weighted by atomic mass is 9.91. The van der Waals surface area contributed by atoms with E-state index in [2.05, 4.69) is 91.9 Å². The Morgan fingerprint density at radius 3 is 1.62 bits per heavy atom. The van der Waals surface area contributed by atoms with Gasteiger partial charge in [0.15, 0.2) is 0 Å². The van der Waals surface area contributed by atoms with Crippen LogP contribution in [0.1, 0.15) is 18.1 Å². The Morgan fingerprint density at radius 2 is 1.10 bits per heavy atom. The van der Waals surface area contributed by atoms with Gasteiger partial charge in [-0.15, -0.1) is 0 Å². The molecule has 0 fully saturated rings. The Kier molecular flexibility index (Phi) is 5.38. The number of hydrogen-bond donors (Lipinski definition) is 2. The quantitative estimate of drug-likeness (QED) is 0.358. The van der Waals surface area contributed by atoms with Crippen LogP contribution in [-0.4, -0.2) is 0 Å². The van der Waals surface area contributed by atoms with Gasteiger partial charge >= 0.3 is 0 Å². The zero-order valence-electron chi connectivity index (χ0n) is 16.5. The van der Waals surface area contributed by atoms with E-state index in [-0.39, 0.29) is 5.16 Å². The van der Waals surface area contributed by atoms with Gasteiger partial charge in [-0.2, -0.15) is 0 Å². The van der Waals surface area contributed by atoms with Crippen LogP contribution in [0, 0.1) is 0 Å². The Morgan fingerprint density at radius 1 is 0.552 bits per heavy atom. The van der Waals surface area contributed by atoms with Crippen LogP contribution in [0.5, 0.6) is 0 Å². The molecule has 0 bridgehead atoms. The average Bonchev–Trinajstić information content (AvgIpc) is 2.76. The first-order valence-electron chi connectivity index (χ1n) is 9.71. The van der Waals surface area contributed by atoms with Crippen molar-refractivity contribution in [1.82, 2.24) is 0 Å². The van der Waals surface area contributed by atoms with Crippen molar-refractivity contribution in [1.29, 1.82) is 0 Å². The van der Waals surface area contributed by atoms with E-state index >= 15 is 0 Å². The first-order chi connectivity index (χ1) is 14.1. The molecule has 0 aromatic heterocycles. The van der Waals surface area contributed by atoms with Crippen LogP contribution < -0.4 is 22.1 Å². The SMILES string of the molecule is CC(c1ccc(N)cc1)(c1cccc(N)c1)P(c1ccccc1)c1ccccc1. The highest BCUT2D eigenvalue weighted by molar-refractivity contribution is 7.74. The summed E-state index contributed by atoms with van der Waals surface area (Å²) in [7, 11) is -0.767. The molecule has 1 unspecified atom stereocenters. The van der Waals surface area contributed by atoms with Crippen molar-refractivity contribution in [2.24, 2.45) is 0 Å². The molecule has 2 nitrogen and oxygen atoms in total. The number of nitrogen functional groups attached to an aromatic ring is 2. The second kappa shape index (κ2) is 8.11. The molecule has 0 spiro atoms. The molecule has 0 heterocycles. The maximum Gasteiger partial charge on any atom is 0.0455 e. The molecule has 4 aromatic rings. The summed E-state index contributed by atoms with van der Waals surface area (Å²) < 4.78 is 0. The molecule has 1 atom stereocenters. The monoisotopic (exact) mass is 396 g/mol. The summed E-state index contributed by atoms with van der Waals surface area (Å²) in [5, 5.41) is 2.38. The highest BCUT2D eigenvalue weighted by Gasteiger charge is 2.39. The third-order valence-electron chi connectivity index (χ3n) is 5.40. The van der Waals surface area contributed by atoms with Crippen molar-refractivity contribution in [3.63, 3.8) is 0 Å². The van der Waals surface area contributed by atoms with Gasteiger partial charge in [0.2, 0.25) is 0 Å². The molecule has 0 saturated heterocycles. The highest BCUT2D eigenvalue weighted by atomic mass is 31.1. The smallest absolute Gasteiger partial charge is 0.0455 e. The van der Waals surface area contributed by atoms with Crippen molar-refractivity contribution >= 4 is 29.9 Å². The van der Waals surface area contributed by atoms with Crippen LogP contribution in [0.25, 0.3) is 0 Å². The fourth-order valence-electron chi connectivity index (χ4n) is 3.89. The van der Waals surface area contributed by atoms with Gasteiger partial charge in [0.1, 0.15) is 0 Å². The average molecular weight is 396 g/mol. The normalized spacial score (nSPS) is 13.2. The highest BCUT2D eigenvalue weighted by Crippen LogP contribution is 2.58. The minimum Gasteiger partial charge on any atom is -0.399 e. The van der Waals surface area contributed by atoms with Crippen molar-refractivity contribution in [3.8, 4) is 0 Å². The standard InChI is InChI=1S/C26H25N2P/c1-26(20-15-17-22(27)18-16-20,21-9-8-10-23(28)19-21)29(24-11-4-2-5-12-24)25-13-6-3-7-14-25/h2-19H,27-28H2,1H3. The van der Waals surface area contributed by atoms with E-state index in [4.69, 9.17) is 11.5 Å². The Bertz CT molecular complexity index is 1040. The molecule has 144 valence electrons. The molecule has 4 aromatic carbocycles. The molecule has 0 amide bonds. The van der Waals surface area contributed by atoms with E-state index in [0.29, 0.717) is 0 Å². The second-order valence-corrected chi connectivity index (χ2v) is 9.92. The molecule has 3 heteroatoms. The second-order valence-electron chi connectivity index (χ2n) is 7.33. The molecule has 4 rings (SSSR count). The summed E-state index contributed by atoms with van der Waals surface area (Å²) in [4.78, 5) is 0. The number of benzene rings is 4. The third kappa shape index (κ3) is 3.77. The summed E-state index contributed by atoms with van der Waals surface area (Å²) >= 11 is 0. The van der Waals surface area contributed by atoms with Gasteiger partial charge in [-0.3, -0.25) is 0 Å². The summed E-state index contributed by atoms with van der Waals surface area (Å²) in [5.41, 5.74) is 16.2. The van der Waals surface area contributed by atoms with Gasteiger partial charge in [-0.25, -0.2) is 0 Å². The van der Waals surface area contributed by atoms with E-state index in [9.17, 15) is 0 Å². The number of nitrogens with two attached hydrogens (primary N) is 2. The van der Waals surface area contributed by atoms with Crippen LogP contribution in [0.4, 0.5) is 11.4 Å². The van der Waals surface area contributed by atoms with Crippen LogP contribution in [0.15, 0.2) is 109 Å². The third-order valence-corrected chi connectivity index (χ3v) is 8.44. The van der Waals surface area contributed by atoms with Crippen molar-refractivity contribution < 1.29 is 0 Å². The van der Waals surface area contributed by atoms with Gasteiger partial charge < -0.3 is 11.5 Å². The maximum atomic E-state index is 6.22. The van der Waals surface area contributed by atoms with Crippen LogP contribution in [0.3, 0.4) is 0 Å². The van der Waals surface area contributed by atoms with E-state index in [1.807, 2.05) is 24.3 Å². The molecule has 0 saturated carbocycles. The first-order valence-corrected chi connectivity index (χ1v) is 11.1. The minimum absolute atomic E-state index is 0.277. The van der Waals surface area contributed by atoms with Gasteiger partial charge in [0.25, 0.3) is 0 Å². The van der Waals surface area contributed by atoms with Crippen LogP contribution >= 0.6 is 7.92 Å². The van der Waals surface area contributed by atoms with E-state index in [1.54, 1.807) is 0 Å². The Hall–Kier alpha value is -3.09. The van der Waals surface area contributed by atoms with Gasteiger partial charge in [0.05, 0.1) is 0 Å². The predicted octanol–water partition coefficient (Wildman–Crippen LogP) is 5.25. The van der Waals surface area contributed by atoms with Crippen LogP contribution in [0.2, 0.25) is 0 Å². The topological polar surface area (TPSA) is 52.0 Å². The molecule has 0 aliphatic rings. The van der Waals surface area contributed by atoms with Gasteiger partial charge in [-0.1, -0.05) is 84.9 Å². The Balaban J connectivity index is 2.02. The molecule has 0 aliphatic heterocycles. The maximum absolute atomic E-state index is 6.22. The lowest BCUT2D eigenvalue weighted by Crippen LogP contribution is -2.31.